The SMILES string of the molecule is CC1(C)N=C(N)NC(=O)N1. The fourth-order valence-corrected chi connectivity index (χ4v) is 0.782. The van der Waals surface area contributed by atoms with E-state index >= 15 is 0 Å². The molecule has 0 spiro atoms. The molecule has 0 radical (unpaired) electrons. The van der Waals surface area contributed by atoms with Crippen LogP contribution in [0.3, 0.4) is 0 Å². The summed E-state index contributed by atoms with van der Waals surface area (Å²) in [5.41, 5.74) is 4.70. The number of amides is 2. The first-order valence-corrected chi connectivity index (χ1v) is 2.94. The summed E-state index contributed by atoms with van der Waals surface area (Å²) < 4.78 is 0. The summed E-state index contributed by atoms with van der Waals surface area (Å²) >= 11 is 0. The minimum atomic E-state index is -0.577. The summed E-state index contributed by atoms with van der Waals surface area (Å²) in [6.07, 6.45) is 0. The lowest BCUT2D eigenvalue weighted by Gasteiger charge is -2.26. The molecule has 0 aromatic carbocycles. The van der Waals surface area contributed by atoms with Crippen LogP contribution in [-0.2, 0) is 0 Å². The normalized spacial score (nSPS) is 22.6. The molecule has 0 aliphatic carbocycles. The van der Waals surface area contributed by atoms with Crippen molar-refractivity contribution >= 4 is 12.0 Å². The van der Waals surface area contributed by atoms with Crippen molar-refractivity contribution in [2.45, 2.75) is 19.5 Å². The van der Waals surface area contributed by atoms with Crippen LogP contribution >= 0.6 is 0 Å². The summed E-state index contributed by atoms with van der Waals surface area (Å²) in [4.78, 5) is 14.6. The highest BCUT2D eigenvalue weighted by Crippen LogP contribution is 2.05. The molecule has 0 atom stereocenters. The summed E-state index contributed by atoms with van der Waals surface area (Å²) in [5.74, 6) is 0.161. The van der Waals surface area contributed by atoms with Crippen LogP contribution in [0.2, 0.25) is 0 Å². The van der Waals surface area contributed by atoms with Gasteiger partial charge >= 0.3 is 6.03 Å². The van der Waals surface area contributed by atoms with Crippen molar-refractivity contribution in [3.63, 3.8) is 0 Å². The molecule has 0 bridgehead atoms. The van der Waals surface area contributed by atoms with Crippen molar-refractivity contribution in [1.29, 1.82) is 0 Å². The van der Waals surface area contributed by atoms with Gasteiger partial charge in [-0.3, -0.25) is 5.32 Å². The van der Waals surface area contributed by atoms with Crippen molar-refractivity contribution in [2.75, 3.05) is 0 Å². The van der Waals surface area contributed by atoms with Gasteiger partial charge in [-0.05, 0) is 13.8 Å². The van der Waals surface area contributed by atoms with Gasteiger partial charge in [-0.1, -0.05) is 0 Å². The predicted octanol–water partition coefficient (Wildman–Crippen LogP) is -0.650. The van der Waals surface area contributed by atoms with Gasteiger partial charge in [0.2, 0.25) is 0 Å². The molecule has 0 unspecified atom stereocenters. The zero-order valence-electron chi connectivity index (χ0n) is 5.93. The first kappa shape index (κ1) is 6.85. The van der Waals surface area contributed by atoms with Crippen LogP contribution in [0.4, 0.5) is 4.79 Å². The van der Waals surface area contributed by atoms with Crippen LogP contribution in [-0.4, -0.2) is 17.7 Å². The molecular weight excluding hydrogens is 132 g/mol. The highest BCUT2D eigenvalue weighted by atomic mass is 16.2. The van der Waals surface area contributed by atoms with Gasteiger partial charge in [0.15, 0.2) is 5.96 Å². The largest absolute Gasteiger partial charge is 0.370 e. The minimum Gasteiger partial charge on any atom is -0.370 e. The number of guanidine groups is 1. The number of hydrogen-bond acceptors (Lipinski definition) is 3. The number of nitrogens with zero attached hydrogens (tertiary/aromatic N) is 1. The van der Waals surface area contributed by atoms with E-state index in [1.54, 1.807) is 13.8 Å². The van der Waals surface area contributed by atoms with Crippen LogP contribution in [0, 0.1) is 0 Å². The van der Waals surface area contributed by atoms with Crippen LogP contribution in [0.5, 0.6) is 0 Å². The number of hydrogen-bond donors (Lipinski definition) is 3. The monoisotopic (exact) mass is 142 g/mol. The molecule has 0 aromatic rings. The first-order valence-electron chi connectivity index (χ1n) is 2.94. The average molecular weight is 142 g/mol. The van der Waals surface area contributed by atoms with Crippen LogP contribution < -0.4 is 16.4 Å². The fraction of sp³-hybridized carbons (Fsp3) is 0.600. The number of carbonyl (C=O) groups excluding carboxylic acids is 1. The van der Waals surface area contributed by atoms with Crippen molar-refractivity contribution < 1.29 is 4.79 Å². The Morgan fingerprint density at radius 2 is 2.20 bits per heavy atom. The predicted molar refractivity (Wildman–Crippen MR) is 37.4 cm³/mol. The van der Waals surface area contributed by atoms with Gasteiger partial charge in [0, 0.05) is 0 Å². The van der Waals surface area contributed by atoms with Crippen LogP contribution in [0.1, 0.15) is 13.8 Å². The molecule has 0 aromatic heterocycles. The molecule has 1 rings (SSSR count). The molecule has 2 amide bonds. The van der Waals surface area contributed by atoms with E-state index in [4.69, 9.17) is 5.73 Å². The van der Waals surface area contributed by atoms with Crippen LogP contribution in [0.15, 0.2) is 4.99 Å². The van der Waals surface area contributed by atoms with E-state index in [0.717, 1.165) is 0 Å². The second-order valence-electron chi connectivity index (χ2n) is 2.64. The molecule has 1 aliphatic heterocycles. The number of nitrogens with one attached hydrogen (secondary N) is 2. The Balaban J connectivity index is 2.83. The topological polar surface area (TPSA) is 79.5 Å². The molecule has 0 fully saturated rings. The van der Waals surface area contributed by atoms with Gasteiger partial charge in [0.05, 0.1) is 0 Å². The van der Waals surface area contributed by atoms with Crippen molar-refractivity contribution in [3.05, 3.63) is 0 Å². The number of urea groups is 1. The van der Waals surface area contributed by atoms with E-state index in [1.165, 1.54) is 0 Å². The Kier molecular flexibility index (Phi) is 1.28. The van der Waals surface area contributed by atoms with E-state index in [2.05, 4.69) is 15.6 Å². The van der Waals surface area contributed by atoms with Gasteiger partial charge in [-0.2, -0.15) is 0 Å². The van der Waals surface area contributed by atoms with Gasteiger partial charge < -0.3 is 11.1 Å². The van der Waals surface area contributed by atoms with E-state index in [9.17, 15) is 4.79 Å². The molecule has 5 nitrogen and oxygen atoms in total. The maximum Gasteiger partial charge on any atom is 0.323 e. The van der Waals surface area contributed by atoms with E-state index in [-0.39, 0.29) is 12.0 Å². The van der Waals surface area contributed by atoms with E-state index in [0.29, 0.717) is 0 Å². The van der Waals surface area contributed by atoms with Gasteiger partial charge in [-0.25, -0.2) is 9.79 Å². The molecule has 0 saturated carbocycles. The lowest BCUT2D eigenvalue weighted by atomic mass is 10.2. The number of aliphatic imine (C=N–C) groups is 1. The molecule has 4 N–H and O–H groups in total. The molecule has 1 heterocycles. The Labute approximate surface area is 58.7 Å². The molecular formula is C5H10N4O. The Morgan fingerprint density at radius 3 is 2.60 bits per heavy atom. The number of carbonyl (C=O) groups is 1. The standard InChI is InChI=1S/C5H10N4O/c1-5(2)8-3(6)7-4(10)9-5/h1-2H3,(H4,6,7,8,9,10). The van der Waals surface area contributed by atoms with Crippen molar-refractivity contribution in [3.8, 4) is 0 Å². The van der Waals surface area contributed by atoms with E-state index in [1.807, 2.05) is 0 Å². The number of nitrogens with two attached hydrogens (primary N) is 1. The third kappa shape index (κ3) is 1.37. The maximum atomic E-state index is 10.7. The zero-order chi connectivity index (χ0) is 7.78. The third-order valence-corrected chi connectivity index (χ3v) is 1.06. The smallest absolute Gasteiger partial charge is 0.323 e. The lowest BCUT2D eigenvalue weighted by Crippen LogP contribution is -2.56. The second-order valence-corrected chi connectivity index (χ2v) is 2.64. The molecule has 0 saturated heterocycles. The highest BCUT2D eigenvalue weighted by molar-refractivity contribution is 5.97. The van der Waals surface area contributed by atoms with Crippen LogP contribution in [0.25, 0.3) is 0 Å². The van der Waals surface area contributed by atoms with Crippen molar-refractivity contribution in [2.24, 2.45) is 10.7 Å². The van der Waals surface area contributed by atoms with Gasteiger partial charge in [0.25, 0.3) is 0 Å². The summed E-state index contributed by atoms with van der Waals surface area (Å²) in [7, 11) is 0. The molecule has 5 heteroatoms. The molecule has 10 heavy (non-hydrogen) atoms. The van der Waals surface area contributed by atoms with E-state index < -0.39 is 5.66 Å². The highest BCUT2D eigenvalue weighted by Gasteiger charge is 2.24. The first-order chi connectivity index (χ1) is 4.49. The Morgan fingerprint density at radius 1 is 1.60 bits per heavy atom. The number of rotatable bonds is 0. The zero-order valence-corrected chi connectivity index (χ0v) is 5.93. The Hall–Kier alpha value is -1.26. The van der Waals surface area contributed by atoms with Gasteiger partial charge in [-0.15, -0.1) is 0 Å². The van der Waals surface area contributed by atoms with Gasteiger partial charge in [0.1, 0.15) is 5.66 Å². The minimum absolute atomic E-state index is 0.161. The Bertz CT molecular complexity index is 196. The average Bonchev–Trinajstić information content (AvgIpc) is 1.54. The quantitative estimate of drug-likeness (QED) is 0.420. The molecule has 1 aliphatic rings. The lowest BCUT2D eigenvalue weighted by molar-refractivity contribution is 0.232. The molecule has 56 valence electrons. The summed E-state index contributed by atoms with van der Waals surface area (Å²) in [6.45, 7) is 3.52. The third-order valence-electron chi connectivity index (χ3n) is 1.06. The summed E-state index contributed by atoms with van der Waals surface area (Å²) in [5, 5.41) is 4.88. The maximum absolute atomic E-state index is 10.7. The fourth-order valence-electron chi connectivity index (χ4n) is 0.782. The second kappa shape index (κ2) is 1.86. The van der Waals surface area contributed by atoms with Crippen molar-refractivity contribution in [1.82, 2.24) is 10.6 Å². The summed E-state index contributed by atoms with van der Waals surface area (Å²) in [6, 6.07) is -0.308.